The highest BCUT2D eigenvalue weighted by molar-refractivity contribution is 4.94. The molecule has 0 saturated heterocycles. The molecule has 0 saturated carbocycles. The Balaban J connectivity index is 2.75. The molecule has 0 radical (unpaired) electrons. The molecule has 0 fully saturated rings. The van der Waals surface area contributed by atoms with E-state index in [2.05, 4.69) is 47.4 Å². The van der Waals surface area contributed by atoms with E-state index >= 15 is 0 Å². The summed E-state index contributed by atoms with van der Waals surface area (Å²) >= 11 is 0. The monoisotopic (exact) mass is 268 g/mol. The fraction of sp³-hybridized carbons (Fsp3) is 0.857. The first-order valence-electron chi connectivity index (χ1n) is 7.09. The molecule has 5 heteroatoms. The summed E-state index contributed by atoms with van der Waals surface area (Å²) < 4.78 is 2.15. The summed E-state index contributed by atoms with van der Waals surface area (Å²) in [6.45, 7) is 14.6. The van der Waals surface area contributed by atoms with Crippen LogP contribution in [0.3, 0.4) is 0 Å². The maximum absolute atomic E-state index is 9.02. The molecule has 1 heterocycles. The van der Waals surface area contributed by atoms with Crippen molar-refractivity contribution in [2.24, 2.45) is 5.41 Å². The fourth-order valence-electron chi connectivity index (χ4n) is 2.33. The molecule has 0 aliphatic heterocycles. The maximum atomic E-state index is 9.02. The predicted octanol–water partition coefficient (Wildman–Crippen LogP) is 1.84. The molecule has 0 atom stereocenters. The van der Waals surface area contributed by atoms with Gasteiger partial charge in [-0.25, -0.2) is 0 Å². The van der Waals surface area contributed by atoms with Gasteiger partial charge in [0.05, 0.1) is 6.54 Å². The first-order valence-corrected chi connectivity index (χ1v) is 7.09. The van der Waals surface area contributed by atoms with Crippen molar-refractivity contribution in [3.8, 4) is 0 Å². The van der Waals surface area contributed by atoms with Crippen molar-refractivity contribution in [3.63, 3.8) is 0 Å². The van der Waals surface area contributed by atoms with Crippen LogP contribution in [0.2, 0.25) is 0 Å². The molecule has 0 amide bonds. The second-order valence-electron chi connectivity index (χ2n) is 6.26. The lowest BCUT2D eigenvalue weighted by atomic mass is 9.96. The van der Waals surface area contributed by atoms with Gasteiger partial charge in [-0.1, -0.05) is 20.8 Å². The Morgan fingerprint density at radius 1 is 1.26 bits per heavy atom. The van der Waals surface area contributed by atoms with Crippen molar-refractivity contribution in [1.29, 1.82) is 0 Å². The van der Waals surface area contributed by atoms with E-state index in [1.807, 2.05) is 6.92 Å². The number of hydrogen-bond acceptors (Lipinski definition) is 4. The zero-order valence-corrected chi connectivity index (χ0v) is 13.0. The molecule has 19 heavy (non-hydrogen) atoms. The summed E-state index contributed by atoms with van der Waals surface area (Å²) in [5, 5.41) is 17.5. The first-order chi connectivity index (χ1) is 8.87. The third-order valence-corrected chi connectivity index (χ3v) is 3.02. The molecule has 110 valence electrons. The molecule has 1 aromatic rings. The topological polar surface area (TPSA) is 54.2 Å². The summed E-state index contributed by atoms with van der Waals surface area (Å²) in [6, 6.07) is 0. The lowest BCUT2D eigenvalue weighted by Crippen LogP contribution is -2.34. The highest BCUT2D eigenvalue weighted by Crippen LogP contribution is 2.17. The van der Waals surface area contributed by atoms with Gasteiger partial charge in [-0.15, -0.1) is 10.2 Å². The van der Waals surface area contributed by atoms with Gasteiger partial charge in [0.1, 0.15) is 11.6 Å². The van der Waals surface area contributed by atoms with E-state index in [1.165, 1.54) is 0 Å². The molecule has 1 aromatic heterocycles. The minimum absolute atomic E-state index is 0.236. The van der Waals surface area contributed by atoms with Crippen LogP contribution in [-0.2, 0) is 13.1 Å². The number of aromatic nitrogens is 3. The molecule has 0 aliphatic carbocycles. The minimum atomic E-state index is 0.236. The number of aliphatic hydroxyl groups is 1. The SMILES string of the molecule is CCn1c(C)nnc1CN(CCCO)CC(C)(C)C. The van der Waals surface area contributed by atoms with Crippen LogP contribution in [0.15, 0.2) is 0 Å². The first kappa shape index (κ1) is 16.1. The van der Waals surface area contributed by atoms with Crippen molar-refractivity contribution >= 4 is 0 Å². The molecule has 0 unspecified atom stereocenters. The van der Waals surface area contributed by atoms with Crippen molar-refractivity contribution < 1.29 is 5.11 Å². The summed E-state index contributed by atoms with van der Waals surface area (Å²) in [4.78, 5) is 2.35. The zero-order chi connectivity index (χ0) is 14.5. The Labute approximate surface area is 116 Å². The van der Waals surface area contributed by atoms with Crippen LogP contribution in [0.25, 0.3) is 0 Å². The Morgan fingerprint density at radius 2 is 1.95 bits per heavy atom. The standard InChI is InChI=1S/C14H28N4O/c1-6-18-12(2)15-16-13(18)10-17(8-7-9-19)11-14(3,4)5/h19H,6-11H2,1-5H3. The molecular formula is C14H28N4O. The van der Waals surface area contributed by atoms with Crippen LogP contribution < -0.4 is 0 Å². The number of aliphatic hydroxyl groups excluding tert-OH is 1. The van der Waals surface area contributed by atoms with Crippen LogP contribution in [0.4, 0.5) is 0 Å². The van der Waals surface area contributed by atoms with E-state index in [1.54, 1.807) is 0 Å². The number of aryl methyl sites for hydroxylation is 1. The van der Waals surface area contributed by atoms with E-state index in [4.69, 9.17) is 5.11 Å². The van der Waals surface area contributed by atoms with Crippen LogP contribution in [0.1, 0.15) is 45.8 Å². The number of rotatable bonds is 7. The highest BCUT2D eigenvalue weighted by atomic mass is 16.3. The Morgan fingerprint density at radius 3 is 2.47 bits per heavy atom. The molecule has 0 spiro atoms. The summed E-state index contributed by atoms with van der Waals surface area (Å²) in [7, 11) is 0. The predicted molar refractivity (Wildman–Crippen MR) is 76.9 cm³/mol. The smallest absolute Gasteiger partial charge is 0.147 e. The maximum Gasteiger partial charge on any atom is 0.147 e. The van der Waals surface area contributed by atoms with Gasteiger partial charge >= 0.3 is 0 Å². The zero-order valence-electron chi connectivity index (χ0n) is 13.0. The van der Waals surface area contributed by atoms with E-state index in [-0.39, 0.29) is 12.0 Å². The second-order valence-corrected chi connectivity index (χ2v) is 6.26. The largest absolute Gasteiger partial charge is 0.396 e. The Bertz CT molecular complexity index is 381. The van der Waals surface area contributed by atoms with Crippen LogP contribution in [0.5, 0.6) is 0 Å². The third-order valence-electron chi connectivity index (χ3n) is 3.02. The van der Waals surface area contributed by atoms with E-state index < -0.39 is 0 Å². The van der Waals surface area contributed by atoms with Gasteiger partial charge in [0, 0.05) is 26.2 Å². The lowest BCUT2D eigenvalue weighted by molar-refractivity contribution is 0.161. The molecule has 1 N–H and O–H groups in total. The van der Waals surface area contributed by atoms with Gasteiger partial charge in [0.2, 0.25) is 0 Å². The highest BCUT2D eigenvalue weighted by Gasteiger charge is 2.18. The number of nitrogens with zero attached hydrogens (tertiary/aromatic N) is 4. The van der Waals surface area contributed by atoms with E-state index in [0.717, 1.165) is 44.2 Å². The Hall–Kier alpha value is -0.940. The van der Waals surface area contributed by atoms with Crippen molar-refractivity contribution in [1.82, 2.24) is 19.7 Å². The van der Waals surface area contributed by atoms with Gasteiger partial charge in [-0.05, 0) is 25.7 Å². The van der Waals surface area contributed by atoms with Crippen molar-refractivity contribution in [3.05, 3.63) is 11.6 Å². The second kappa shape index (κ2) is 7.01. The Kier molecular flexibility index (Phi) is 5.94. The summed E-state index contributed by atoms with van der Waals surface area (Å²) in [5.74, 6) is 1.98. The summed E-state index contributed by atoms with van der Waals surface area (Å²) in [5.41, 5.74) is 0.238. The molecule has 0 bridgehead atoms. The van der Waals surface area contributed by atoms with Crippen LogP contribution in [-0.4, -0.2) is 44.5 Å². The molecule has 0 aliphatic rings. The van der Waals surface area contributed by atoms with E-state index in [9.17, 15) is 0 Å². The fourth-order valence-corrected chi connectivity index (χ4v) is 2.33. The molecule has 0 aromatic carbocycles. The third kappa shape index (κ3) is 5.28. The molecule has 5 nitrogen and oxygen atoms in total. The van der Waals surface area contributed by atoms with Gasteiger partial charge < -0.3 is 9.67 Å². The summed E-state index contributed by atoms with van der Waals surface area (Å²) in [6.07, 6.45) is 0.801. The van der Waals surface area contributed by atoms with Crippen molar-refractivity contribution in [2.45, 2.75) is 54.1 Å². The van der Waals surface area contributed by atoms with E-state index in [0.29, 0.717) is 0 Å². The molecule has 1 rings (SSSR count). The van der Waals surface area contributed by atoms with Crippen LogP contribution in [0, 0.1) is 12.3 Å². The quantitative estimate of drug-likeness (QED) is 0.820. The average molecular weight is 268 g/mol. The van der Waals surface area contributed by atoms with Gasteiger partial charge in [0.15, 0.2) is 0 Å². The van der Waals surface area contributed by atoms with Crippen molar-refractivity contribution in [2.75, 3.05) is 19.7 Å². The molecular weight excluding hydrogens is 240 g/mol. The van der Waals surface area contributed by atoms with Gasteiger partial charge in [0.25, 0.3) is 0 Å². The van der Waals surface area contributed by atoms with Gasteiger partial charge in [-0.3, -0.25) is 4.90 Å². The average Bonchev–Trinajstić information content (AvgIpc) is 2.65. The van der Waals surface area contributed by atoms with Gasteiger partial charge in [-0.2, -0.15) is 0 Å². The number of hydrogen-bond donors (Lipinski definition) is 1. The lowest BCUT2D eigenvalue weighted by Gasteiger charge is -2.29. The van der Waals surface area contributed by atoms with Crippen LogP contribution >= 0.6 is 0 Å². The minimum Gasteiger partial charge on any atom is -0.396 e. The normalized spacial score (nSPS) is 12.4.